The molecule has 0 saturated carbocycles. The quantitative estimate of drug-likeness (QED) is 0.563. The molecule has 0 saturated heterocycles. The van der Waals surface area contributed by atoms with Crippen molar-refractivity contribution in [1.29, 1.82) is 0 Å². The smallest absolute Gasteiger partial charge is 0.169 e. The average Bonchev–Trinajstić information content (AvgIpc) is 1.64. The summed E-state index contributed by atoms with van der Waals surface area (Å²) in [6.07, 6.45) is 0. The molecule has 0 unspecified atom stereocenters. The average molecular weight is 129 g/mol. The van der Waals surface area contributed by atoms with Crippen LogP contribution in [-0.2, 0) is 9.53 Å². The minimum absolute atomic E-state index is 0.0185. The first-order valence-electron chi connectivity index (χ1n) is 2.89. The van der Waals surface area contributed by atoms with Gasteiger partial charge in [0.2, 0.25) is 0 Å². The second-order valence-corrected chi connectivity index (χ2v) is 2.97. The molecule has 1 radical (unpaired) electrons. The summed E-state index contributed by atoms with van der Waals surface area (Å²) in [5.74, 6) is 0.0185. The number of ether oxygens (including phenoxy) is 1. The van der Waals surface area contributed by atoms with Gasteiger partial charge >= 0.3 is 0 Å². The molecule has 0 aliphatic heterocycles. The normalized spacial score (nSPS) is 11.6. The Morgan fingerprint density at radius 2 is 1.89 bits per heavy atom. The molecule has 0 aromatic heterocycles. The molecular weight excluding hydrogens is 116 g/mol. The van der Waals surface area contributed by atoms with Crippen molar-refractivity contribution in [1.82, 2.24) is 0 Å². The summed E-state index contributed by atoms with van der Waals surface area (Å²) < 4.78 is 4.56. The molecule has 0 aromatic carbocycles. The first-order chi connectivity index (χ1) is 3.98. The maximum absolute atomic E-state index is 10.9. The van der Waals surface area contributed by atoms with Gasteiger partial charge in [-0.25, -0.2) is 0 Å². The highest BCUT2D eigenvalue weighted by atomic mass is 16.5. The van der Waals surface area contributed by atoms with Crippen LogP contribution in [0.2, 0.25) is 0 Å². The van der Waals surface area contributed by atoms with Gasteiger partial charge in [0, 0.05) is 12.5 Å². The van der Waals surface area contributed by atoms with E-state index in [4.69, 9.17) is 0 Å². The van der Waals surface area contributed by atoms with Crippen LogP contribution >= 0.6 is 0 Å². The summed E-state index contributed by atoms with van der Waals surface area (Å²) in [5.41, 5.74) is -0.310. The number of ketones is 1. The van der Waals surface area contributed by atoms with Gasteiger partial charge in [0.05, 0.1) is 0 Å². The SMILES string of the molecule is CO[CH]C(=O)C(C)(C)C. The third-order valence-electron chi connectivity index (χ3n) is 0.964. The van der Waals surface area contributed by atoms with Crippen LogP contribution in [0.1, 0.15) is 20.8 Å². The predicted molar refractivity (Wildman–Crippen MR) is 35.8 cm³/mol. The largest absolute Gasteiger partial charge is 0.370 e. The molecule has 0 fully saturated rings. The van der Waals surface area contributed by atoms with E-state index in [0.717, 1.165) is 0 Å². The summed E-state index contributed by atoms with van der Waals surface area (Å²) >= 11 is 0. The lowest BCUT2D eigenvalue weighted by Gasteiger charge is -2.14. The van der Waals surface area contributed by atoms with Gasteiger partial charge in [-0.1, -0.05) is 20.8 Å². The van der Waals surface area contributed by atoms with Crippen LogP contribution in [0.5, 0.6) is 0 Å². The van der Waals surface area contributed by atoms with Crippen molar-refractivity contribution in [2.24, 2.45) is 5.41 Å². The Kier molecular flexibility index (Phi) is 2.85. The molecule has 53 valence electrons. The van der Waals surface area contributed by atoms with Gasteiger partial charge in [0.1, 0.15) is 6.61 Å². The van der Waals surface area contributed by atoms with Crippen molar-refractivity contribution in [2.75, 3.05) is 7.11 Å². The van der Waals surface area contributed by atoms with Crippen molar-refractivity contribution in [3.8, 4) is 0 Å². The Labute approximate surface area is 56.2 Å². The van der Waals surface area contributed by atoms with Gasteiger partial charge in [0.15, 0.2) is 5.78 Å². The molecule has 0 atom stereocenters. The van der Waals surface area contributed by atoms with E-state index < -0.39 is 0 Å². The predicted octanol–water partition coefficient (Wildman–Crippen LogP) is 1.41. The summed E-state index contributed by atoms with van der Waals surface area (Å²) in [5, 5.41) is 0. The Balaban J connectivity index is 3.74. The van der Waals surface area contributed by atoms with E-state index in [1.54, 1.807) is 0 Å². The van der Waals surface area contributed by atoms with Gasteiger partial charge in [-0.05, 0) is 0 Å². The molecular formula is C7H13O2. The van der Waals surface area contributed by atoms with Crippen LogP contribution in [-0.4, -0.2) is 12.9 Å². The molecule has 0 aliphatic carbocycles. The number of carbonyl (C=O) groups excluding carboxylic acids is 1. The van der Waals surface area contributed by atoms with Crippen LogP contribution in [0.25, 0.3) is 0 Å². The van der Waals surface area contributed by atoms with Gasteiger partial charge in [-0.15, -0.1) is 0 Å². The zero-order chi connectivity index (χ0) is 7.49. The number of methoxy groups -OCH3 is 1. The molecule has 9 heavy (non-hydrogen) atoms. The molecule has 2 heteroatoms. The van der Waals surface area contributed by atoms with Crippen molar-refractivity contribution in [3.63, 3.8) is 0 Å². The van der Waals surface area contributed by atoms with E-state index in [-0.39, 0.29) is 11.2 Å². The maximum atomic E-state index is 10.9. The van der Waals surface area contributed by atoms with Crippen LogP contribution in [0.15, 0.2) is 0 Å². The third kappa shape index (κ3) is 3.25. The third-order valence-corrected chi connectivity index (χ3v) is 0.964. The molecule has 0 rings (SSSR count). The van der Waals surface area contributed by atoms with Crippen molar-refractivity contribution >= 4 is 5.78 Å². The fourth-order valence-corrected chi connectivity index (χ4v) is 0.284. The van der Waals surface area contributed by atoms with Crippen LogP contribution in [0, 0.1) is 12.0 Å². The van der Waals surface area contributed by atoms with Crippen LogP contribution < -0.4 is 0 Å². The Hall–Kier alpha value is -0.370. The number of hydrogen-bond donors (Lipinski definition) is 0. The Morgan fingerprint density at radius 3 is 2.00 bits per heavy atom. The van der Waals surface area contributed by atoms with E-state index >= 15 is 0 Å². The number of carbonyl (C=O) groups is 1. The monoisotopic (exact) mass is 129 g/mol. The molecule has 0 spiro atoms. The van der Waals surface area contributed by atoms with Crippen LogP contribution in [0.4, 0.5) is 0 Å². The fraction of sp³-hybridized carbons (Fsp3) is 0.714. The molecule has 0 aliphatic rings. The Bertz CT molecular complexity index is 100.0. The van der Waals surface area contributed by atoms with Crippen molar-refractivity contribution in [3.05, 3.63) is 6.61 Å². The minimum atomic E-state index is -0.310. The highest BCUT2D eigenvalue weighted by Crippen LogP contribution is 2.15. The lowest BCUT2D eigenvalue weighted by Crippen LogP contribution is -2.20. The Morgan fingerprint density at radius 1 is 1.44 bits per heavy atom. The van der Waals surface area contributed by atoms with E-state index in [2.05, 4.69) is 4.74 Å². The second kappa shape index (κ2) is 2.97. The summed E-state index contributed by atoms with van der Waals surface area (Å²) in [4.78, 5) is 10.9. The second-order valence-electron chi connectivity index (χ2n) is 2.97. The van der Waals surface area contributed by atoms with Crippen molar-refractivity contribution < 1.29 is 9.53 Å². The van der Waals surface area contributed by atoms with E-state index in [0.29, 0.717) is 0 Å². The molecule has 0 amide bonds. The number of hydrogen-bond acceptors (Lipinski definition) is 2. The van der Waals surface area contributed by atoms with Gasteiger partial charge in [-0.2, -0.15) is 0 Å². The van der Waals surface area contributed by atoms with E-state index in [9.17, 15) is 4.79 Å². The van der Waals surface area contributed by atoms with Gasteiger partial charge in [0.25, 0.3) is 0 Å². The highest BCUT2D eigenvalue weighted by molar-refractivity contribution is 5.89. The molecule has 2 nitrogen and oxygen atoms in total. The molecule has 0 aromatic rings. The number of Topliss-reactive ketones (excluding diaryl/α,β-unsaturated/α-hetero) is 1. The molecule has 0 bridgehead atoms. The number of rotatable bonds is 2. The topological polar surface area (TPSA) is 26.3 Å². The summed E-state index contributed by atoms with van der Waals surface area (Å²) in [7, 11) is 1.48. The first kappa shape index (κ1) is 8.63. The standard InChI is InChI=1S/C7H13O2/c1-7(2,3)6(8)5-9-4/h5H,1-4H3. The maximum Gasteiger partial charge on any atom is 0.169 e. The highest BCUT2D eigenvalue weighted by Gasteiger charge is 2.20. The zero-order valence-electron chi connectivity index (χ0n) is 6.39. The zero-order valence-corrected chi connectivity index (χ0v) is 6.39. The first-order valence-corrected chi connectivity index (χ1v) is 2.89. The lowest BCUT2D eigenvalue weighted by atomic mass is 9.91. The lowest BCUT2D eigenvalue weighted by molar-refractivity contribution is -0.126. The van der Waals surface area contributed by atoms with Gasteiger partial charge < -0.3 is 4.74 Å². The van der Waals surface area contributed by atoms with E-state index in [1.807, 2.05) is 20.8 Å². The van der Waals surface area contributed by atoms with E-state index in [1.165, 1.54) is 13.7 Å². The summed E-state index contributed by atoms with van der Waals surface area (Å²) in [6.45, 7) is 6.79. The molecule has 0 heterocycles. The van der Waals surface area contributed by atoms with Crippen molar-refractivity contribution in [2.45, 2.75) is 20.8 Å². The van der Waals surface area contributed by atoms with Crippen LogP contribution in [0.3, 0.4) is 0 Å². The summed E-state index contributed by atoms with van der Waals surface area (Å²) in [6, 6.07) is 0. The molecule has 0 N–H and O–H groups in total. The van der Waals surface area contributed by atoms with Gasteiger partial charge in [-0.3, -0.25) is 4.79 Å². The fourth-order valence-electron chi connectivity index (χ4n) is 0.284. The minimum Gasteiger partial charge on any atom is -0.370 e.